The van der Waals surface area contributed by atoms with Gasteiger partial charge in [0, 0.05) is 6.04 Å². The third-order valence-electron chi connectivity index (χ3n) is 9.83. The normalized spacial score (nSPS) is 34.1. The van der Waals surface area contributed by atoms with Crippen LogP contribution < -0.4 is 5.73 Å². The molecule has 4 unspecified atom stereocenters. The first-order valence-corrected chi connectivity index (χ1v) is 16.5. The molecule has 4 aliphatic rings. The van der Waals surface area contributed by atoms with Crippen molar-refractivity contribution in [1.29, 1.82) is 0 Å². The molecular formula is C36H67NO. The number of allylic oxidation sites excluding steroid dienone is 3. The van der Waals surface area contributed by atoms with Gasteiger partial charge in [0.05, 0.1) is 5.60 Å². The van der Waals surface area contributed by atoms with Crippen LogP contribution in [0, 0.1) is 35.0 Å². The Bertz CT molecular complexity index is 735. The quantitative estimate of drug-likeness (QED) is 0.336. The largest absolute Gasteiger partial charge is 0.390 e. The zero-order valence-corrected chi connectivity index (χ0v) is 27.3. The predicted molar refractivity (Wildman–Crippen MR) is 170 cm³/mol. The zero-order valence-electron chi connectivity index (χ0n) is 27.3. The highest BCUT2D eigenvalue weighted by atomic mass is 16.3. The highest BCUT2D eigenvalue weighted by Crippen LogP contribution is 2.60. The lowest BCUT2D eigenvalue weighted by atomic mass is 9.59. The van der Waals surface area contributed by atoms with E-state index in [0.717, 1.165) is 43.4 Å². The standard InChI is InChI=1S/C29H49NO.C3H6.2C2H6/c1-19(14-16-28(5,6)31)21(3)25-12-13-26-24(9-8-15-29(25,26)7)11-10-23-17-20(2)22(4)27(30)18-23;1-2-3-1;2*1-2/h10-11,19-21,25-27,31H,4,8-9,12-18,30H2,1-3,5-7H3;1-3H2;2*1-2H3/b23-10-,24-11+;;;/t19?,20-,21?,25?,26?,27-,29-;;;/m1.../s1. The highest BCUT2D eigenvalue weighted by Gasteiger charge is 2.51. The number of hydrogen-bond donors (Lipinski definition) is 2. The number of hydrogen-bond acceptors (Lipinski definition) is 2. The monoisotopic (exact) mass is 530 g/mol. The van der Waals surface area contributed by atoms with Crippen molar-refractivity contribution in [3.63, 3.8) is 0 Å². The molecule has 0 spiro atoms. The van der Waals surface area contributed by atoms with Gasteiger partial charge in [0.15, 0.2) is 0 Å². The van der Waals surface area contributed by atoms with E-state index in [1.807, 2.05) is 41.5 Å². The number of nitrogens with two attached hydrogens (primary N) is 1. The molecule has 4 rings (SSSR count). The van der Waals surface area contributed by atoms with Crippen LogP contribution in [0.1, 0.15) is 146 Å². The first-order valence-electron chi connectivity index (χ1n) is 16.5. The fraction of sp³-hybridized carbons (Fsp3) is 0.833. The molecule has 3 N–H and O–H groups in total. The number of rotatable bonds is 6. The van der Waals surface area contributed by atoms with E-state index in [-0.39, 0.29) is 6.04 Å². The Morgan fingerprint density at radius 2 is 1.63 bits per heavy atom. The van der Waals surface area contributed by atoms with E-state index in [9.17, 15) is 5.11 Å². The Morgan fingerprint density at radius 3 is 2.16 bits per heavy atom. The minimum absolute atomic E-state index is 0.132. The Hall–Kier alpha value is -0.860. The zero-order chi connectivity index (χ0) is 29.1. The molecule has 0 aromatic carbocycles. The molecule has 7 atom stereocenters. The van der Waals surface area contributed by atoms with Crippen LogP contribution in [0.4, 0.5) is 0 Å². The van der Waals surface area contributed by atoms with E-state index in [1.54, 1.807) is 5.57 Å². The van der Waals surface area contributed by atoms with Gasteiger partial charge in [-0.15, -0.1) is 0 Å². The van der Waals surface area contributed by atoms with Crippen LogP contribution in [-0.4, -0.2) is 16.7 Å². The Kier molecular flexibility index (Phi) is 15.2. The highest BCUT2D eigenvalue weighted by molar-refractivity contribution is 5.29. The van der Waals surface area contributed by atoms with Crippen molar-refractivity contribution in [3.05, 3.63) is 35.5 Å². The molecule has 0 bridgehead atoms. The van der Waals surface area contributed by atoms with E-state index < -0.39 is 5.60 Å². The fourth-order valence-corrected chi connectivity index (χ4v) is 7.13. The van der Waals surface area contributed by atoms with Crippen LogP contribution >= 0.6 is 0 Å². The van der Waals surface area contributed by atoms with Crippen molar-refractivity contribution in [2.24, 2.45) is 40.7 Å². The second-order valence-corrected chi connectivity index (χ2v) is 13.4. The number of fused-ring (bicyclic) bond motifs is 1. The minimum atomic E-state index is -0.546. The lowest BCUT2D eigenvalue weighted by Gasteiger charge is -2.45. The topological polar surface area (TPSA) is 46.2 Å². The van der Waals surface area contributed by atoms with Gasteiger partial charge in [-0.3, -0.25) is 0 Å². The van der Waals surface area contributed by atoms with Crippen LogP contribution in [0.15, 0.2) is 35.5 Å². The van der Waals surface area contributed by atoms with Crippen molar-refractivity contribution in [2.75, 3.05) is 0 Å². The maximum absolute atomic E-state index is 10.2. The molecule has 0 saturated heterocycles. The van der Waals surface area contributed by atoms with E-state index in [2.05, 4.69) is 46.4 Å². The molecule has 0 aromatic heterocycles. The third-order valence-corrected chi connectivity index (χ3v) is 9.83. The van der Waals surface area contributed by atoms with Gasteiger partial charge in [0.25, 0.3) is 0 Å². The molecular weight excluding hydrogens is 462 g/mol. The summed E-state index contributed by atoms with van der Waals surface area (Å²) in [7, 11) is 0. The molecule has 38 heavy (non-hydrogen) atoms. The van der Waals surface area contributed by atoms with Gasteiger partial charge >= 0.3 is 0 Å². The summed E-state index contributed by atoms with van der Waals surface area (Å²) in [6.07, 6.45) is 20.2. The Balaban J connectivity index is 0.000000923. The SMILES string of the molecule is C1CC1.C=C1[C@H](C)C/C(=C/C=C2\CCC[C@@]3(C)C2CCC3C(C)C(C)CCC(C)(C)O)C[C@H]1N.CC.CC. The van der Waals surface area contributed by atoms with E-state index in [1.165, 1.54) is 62.5 Å². The van der Waals surface area contributed by atoms with E-state index >= 15 is 0 Å². The molecule has 2 heteroatoms. The van der Waals surface area contributed by atoms with Crippen molar-refractivity contribution in [3.8, 4) is 0 Å². The van der Waals surface area contributed by atoms with E-state index in [4.69, 9.17) is 5.73 Å². The second-order valence-electron chi connectivity index (χ2n) is 13.4. The maximum Gasteiger partial charge on any atom is 0.0591 e. The van der Waals surface area contributed by atoms with Crippen molar-refractivity contribution in [2.45, 2.75) is 158 Å². The lowest BCUT2D eigenvalue weighted by molar-refractivity contribution is 0.0447. The Morgan fingerprint density at radius 1 is 1.03 bits per heavy atom. The molecule has 0 aromatic rings. The van der Waals surface area contributed by atoms with Gasteiger partial charge in [-0.25, -0.2) is 0 Å². The maximum atomic E-state index is 10.2. The van der Waals surface area contributed by atoms with Crippen LogP contribution in [0.25, 0.3) is 0 Å². The summed E-state index contributed by atoms with van der Waals surface area (Å²) in [5.41, 5.74) is 10.7. The van der Waals surface area contributed by atoms with Gasteiger partial charge in [-0.2, -0.15) is 0 Å². The third kappa shape index (κ3) is 10.3. The summed E-state index contributed by atoms with van der Waals surface area (Å²) in [6.45, 7) is 25.9. The predicted octanol–water partition coefficient (Wildman–Crippen LogP) is 10.4. The Labute approximate surface area is 239 Å². The summed E-state index contributed by atoms with van der Waals surface area (Å²) >= 11 is 0. The average Bonchev–Trinajstić information content (AvgIpc) is 3.73. The average molecular weight is 530 g/mol. The number of aliphatic hydroxyl groups is 1. The van der Waals surface area contributed by atoms with Crippen LogP contribution in [0.3, 0.4) is 0 Å². The van der Waals surface area contributed by atoms with E-state index in [0.29, 0.717) is 17.3 Å². The molecule has 4 saturated carbocycles. The molecule has 4 aliphatic carbocycles. The summed E-state index contributed by atoms with van der Waals surface area (Å²) in [6, 6.07) is 0.132. The summed E-state index contributed by atoms with van der Waals surface area (Å²) in [4.78, 5) is 0. The summed E-state index contributed by atoms with van der Waals surface area (Å²) < 4.78 is 0. The van der Waals surface area contributed by atoms with Crippen LogP contribution in [0.5, 0.6) is 0 Å². The molecule has 2 nitrogen and oxygen atoms in total. The first-order chi connectivity index (χ1) is 17.9. The van der Waals surface area contributed by atoms with Gasteiger partial charge in [-0.1, -0.05) is 110 Å². The van der Waals surface area contributed by atoms with Crippen molar-refractivity contribution >= 4 is 0 Å². The second kappa shape index (κ2) is 16.4. The fourth-order valence-electron chi connectivity index (χ4n) is 7.13. The van der Waals surface area contributed by atoms with Gasteiger partial charge in [-0.05, 0) is 107 Å². The summed E-state index contributed by atoms with van der Waals surface area (Å²) in [5, 5.41) is 10.2. The molecule has 0 heterocycles. The van der Waals surface area contributed by atoms with Crippen molar-refractivity contribution < 1.29 is 5.11 Å². The van der Waals surface area contributed by atoms with Crippen molar-refractivity contribution in [1.82, 2.24) is 0 Å². The smallest absolute Gasteiger partial charge is 0.0591 e. The molecule has 222 valence electrons. The van der Waals surface area contributed by atoms with Gasteiger partial charge in [0.1, 0.15) is 0 Å². The lowest BCUT2D eigenvalue weighted by Crippen LogP contribution is -2.37. The summed E-state index contributed by atoms with van der Waals surface area (Å²) in [5.74, 6) is 3.45. The minimum Gasteiger partial charge on any atom is -0.390 e. The molecule has 0 radical (unpaired) electrons. The molecule has 0 aliphatic heterocycles. The first kappa shape index (κ1) is 35.2. The molecule has 4 fully saturated rings. The van der Waals surface area contributed by atoms with Gasteiger partial charge < -0.3 is 10.8 Å². The van der Waals surface area contributed by atoms with Gasteiger partial charge in [0.2, 0.25) is 0 Å². The van der Waals surface area contributed by atoms with Crippen LogP contribution in [-0.2, 0) is 0 Å². The van der Waals surface area contributed by atoms with Crippen LogP contribution in [0.2, 0.25) is 0 Å². The molecule has 0 amide bonds.